The van der Waals surface area contributed by atoms with Crippen LogP contribution in [0.25, 0.3) is 11.4 Å². The summed E-state index contributed by atoms with van der Waals surface area (Å²) in [6.07, 6.45) is 9.37. The van der Waals surface area contributed by atoms with Crippen molar-refractivity contribution < 1.29 is 0 Å². The zero-order chi connectivity index (χ0) is 13.2. The van der Waals surface area contributed by atoms with Crippen LogP contribution >= 0.6 is 24.0 Å². The summed E-state index contributed by atoms with van der Waals surface area (Å²) < 4.78 is 2.90. The van der Waals surface area contributed by atoms with E-state index in [0.717, 1.165) is 21.4 Å². The zero-order valence-electron chi connectivity index (χ0n) is 10.7. The van der Waals surface area contributed by atoms with Crippen molar-refractivity contribution in [2.75, 3.05) is 6.26 Å². The van der Waals surface area contributed by atoms with E-state index in [1.807, 2.05) is 23.9 Å². The lowest BCUT2D eigenvalue weighted by atomic mass is 10.2. The number of nitrogens with zero attached hydrogens (tertiary/aromatic N) is 3. The van der Waals surface area contributed by atoms with Crippen molar-refractivity contribution in [1.82, 2.24) is 19.7 Å². The molecule has 3 rings (SSSR count). The van der Waals surface area contributed by atoms with Crippen molar-refractivity contribution in [3.63, 3.8) is 0 Å². The molecule has 100 valence electrons. The van der Waals surface area contributed by atoms with Crippen LogP contribution in [0.1, 0.15) is 25.3 Å². The second kappa shape index (κ2) is 5.46. The Labute approximate surface area is 121 Å². The molecule has 2 atom stereocenters. The van der Waals surface area contributed by atoms with Gasteiger partial charge in [0.05, 0.1) is 0 Å². The van der Waals surface area contributed by atoms with Crippen molar-refractivity contribution in [2.45, 2.75) is 30.6 Å². The lowest BCUT2D eigenvalue weighted by Gasteiger charge is -2.14. The molecule has 6 heteroatoms. The van der Waals surface area contributed by atoms with Crippen LogP contribution in [-0.4, -0.2) is 31.3 Å². The van der Waals surface area contributed by atoms with Crippen LogP contribution < -0.4 is 0 Å². The predicted molar refractivity (Wildman–Crippen MR) is 80.8 cm³/mol. The molecule has 1 saturated carbocycles. The highest BCUT2D eigenvalue weighted by Gasteiger charge is 2.27. The molecule has 2 aromatic rings. The number of H-pyrrole nitrogens is 1. The lowest BCUT2D eigenvalue weighted by molar-refractivity contribution is 0.517. The molecule has 1 fully saturated rings. The van der Waals surface area contributed by atoms with Crippen molar-refractivity contribution in [1.29, 1.82) is 0 Å². The smallest absolute Gasteiger partial charge is 0.195 e. The van der Waals surface area contributed by atoms with E-state index in [9.17, 15) is 0 Å². The molecule has 1 N–H and O–H groups in total. The van der Waals surface area contributed by atoms with E-state index in [1.165, 1.54) is 19.3 Å². The summed E-state index contributed by atoms with van der Waals surface area (Å²) in [5, 5.41) is 8.07. The Morgan fingerprint density at radius 2 is 2.16 bits per heavy atom. The third-order valence-corrected chi connectivity index (χ3v) is 5.08. The molecule has 0 spiro atoms. The Hall–Kier alpha value is -1.14. The molecular weight excluding hydrogens is 276 g/mol. The van der Waals surface area contributed by atoms with Gasteiger partial charge < -0.3 is 0 Å². The van der Waals surface area contributed by atoms with Gasteiger partial charge >= 0.3 is 0 Å². The van der Waals surface area contributed by atoms with Gasteiger partial charge in [-0.2, -0.15) is 16.9 Å². The molecule has 0 aromatic carbocycles. The predicted octanol–water partition coefficient (Wildman–Crippen LogP) is 3.46. The van der Waals surface area contributed by atoms with Gasteiger partial charge in [-0.1, -0.05) is 0 Å². The maximum Gasteiger partial charge on any atom is 0.195 e. The second-order valence-electron chi connectivity index (χ2n) is 4.78. The molecule has 0 radical (unpaired) electrons. The summed E-state index contributed by atoms with van der Waals surface area (Å²) in [5.41, 5.74) is 1.06. The minimum absolute atomic E-state index is 0.465. The Bertz CT molecular complexity index is 605. The minimum atomic E-state index is 0.465. The van der Waals surface area contributed by atoms with Crippen LogP contribution in [0, 0.1) is 4.77 Å². The third kappa shape index (κ3) is 2.47. The SMILES string of the molecule is CSC1CCC(n2c(-c3ccncc3)n[nH]c2=S)C1. The number of nitrogens with one attached hydrogen (secondary N) is 1. The first kappa shape index (κ1) is 12.9. The minimum Gasteiger partial charge on any atom is -0.297 e. The van der Waals surface area contributed by atoms with Gasteiger partial charge in [-0.15, -0.1) is 0 Å². The first-order chi connectivity index (χ1) is 9.29. The molecule has 4 nitrogen and oxygen atoms in total. The number of hydrogen-bond acceptors (Lipinski definition) is 4. The van der Waals surface area contributed by atoms with Crippen molar-refractivity contribution >= 4 is 24.0 Å². The quantitative estimate of drug-likeness (QED) is 0.880. The monoisotopic (exact) mass is 292 g/mol. The van der Waals surface area contributed by atoms with Crippen LogP contribution in [0.2, 0.25) is 0 Å². The molecular formula is C13H16N4S2. The third-order valence-electron chi connectivity index (χ3n) is 3.70. The van der Waals surface area contributed by atoms with E-state index in [2.05, 4.69) is 26.0 Å². The zero-order valence-corrected chi connectivity index (χ0v) is 12.4. The van der Waals surface area contributed by atoms with Crippen molar-refractivity contribution in [2.24, 2.45) is 0 Å². The first-order valence-corrected chi connectivity index (χ1v) is 8.09. The molecule has 0 bridgehead atoms. The van der Waals surface area contributed by atoms with E-state index in [-0.39, 0.29) is 0 Å². The molecule has 2 heterocycles. The van der Waals surface area contributed by atoms with E-state index < -0.39 is 0 Å². The summed E-state index contributed by atoms with van der Waals surface area (Å²) in [6, 6.07) is 4.41. The molecule has 0 aliphatic heterocycles. The average molecular weight is 292 g/mol. The van der Waals surface area contributed by atoms with Crippen LogP contribution in [0.15, 0.2) is 24.5 Å². The summed E-state index contributed by atoms with van der Waals surface area (Å²) in [5.74, 6) is 0.930. The van der Waals surface area contributed by atoms with Gasteiger partial charge in [0.2, 0.25) is 0 Å². The van der Waals surface area contributed by atoms with Crippen LogP contribution in [-0.2, 0) is 0 Å². The highest BCUT2D eigenvalue weighted by Crippen LogP contribution is 2.37. The van der Waals surface area contributed by atoms with E-state index in [0.29, 0.717) is 6.04 Å². The topological polar surface area (TPSA) is 46.5 Å². The number of aromatic amines is 1. The Balaban J connectivity index is 1.98. The molecule has 1 aliphatic carbocycles. The molecule has 1 aliphatic rings. The molecule has 2 aromatic heterocycles. The normalized spacial score (nSPS) is 22.8. The van der Waals surface area contributed by atoms with Crippen LogP contribution in [0.4, 0.5) is 0 Å². The number of rotatable bonds is 3. The second-order valence-corrected chi connectivity index (χ2v) is 6.31. The number of pyridine rings is 1. The molecule has 0 saturated heterocycles. The number of hydrogen-bond donors (Lipinski definition) is 1. The van der Waals surface area contributed by atoms with Crippen molar-refractivity contribution in [3.05, 3.63) is 29.3 Å². The Kier molecular flexibility index (Phi) is 3.70. The first-order valence-electron chi connectivity index (χ1n) is 6.39. The number of aromatic nitrogens is 4. The Morgan fingerprint density at radius 3 is 2.84 bits per heavy atom. The van der Waals surface area contributed by atoms with Gasteiger partial charge in [0, 0.05) is 29.2 Å². The van der Waals surface area contributed by atoms with Gasteiger partial charge in [0.1, 0.15) is 0 Å². The fourth-order valence-corrected chi connectivity index (χ4v) is 3.78. The standard InChI is InChI=1S/C13H16N4S2/c1-19-11-3-2-10(8-11)17-12(15-16-13(17)18)9-4-6-14-7-5-9/h4-7,10-11H,2-3,8H2,1H3,(H,16,18). The summed E-state index contributed by atoms with van der Waals surface area (Å²) in [7, 11) is 0. The maximum absolute atomic E-state index is 5.41. The van der Waals surface area contributed by atoms with Crippen LogP contribution in [0.3, 0.4) is 0 Å². The lowest BCUT2D eigenvalue weighted by Crippen LogP contribution is -2.08. The average Bonchev–Trinajstić information content (AvgIpc) is 3.05. The maximum atomic E-state index is 5.41. The van der Waals surface area contributed by atoms with Gasteiger partial charge in [-0.05, 0) is 49.9 Å². The summed E-state index contributed by atoms with van der Waals surface area (Å²) >= 11 is 7.36. The van der Waals surface area contributed by atoms with Crippen LogP contribution in [0.5, 0.6) is 0 Å². The largest absolute Gasteiger partial charge is 0.297 e. The molecule has 0 amide bonds. The van der Waals surface area contributed by atoms with E-state index >= 15 is 0 Å². The highest BCUT2D eigenvalue weighted by molar-refractivity contribution is 7.99. The van der Waals surface area contributed by atoms with E-state index in [4.69, 9.17) is 12.2 Å². The Morgan fingerprint density at radius 1 is 1.37 bits per heavy atom. The molecule has 2 unspecified atom stereocenters. The van der Waals surface area contributed by atoms with Gasteiger partial charge in [0.15, 0.2) is 10.6 Å². The van der Waals surface area contributed by atoms with Gasteiger partial charge in [-0.3, -0.25) is 14.6 Å². The number of thioether (sulfide) groups is 1. The molecule has 19 heavy (non-hydrogen) atoms. The fourth-order valence-electron chi connectivity index (χ4n) is 2.71. The summed E-state index contributed by atoms with van der Waals surface area (Å²) in [4.78, 5) is 4.05. The van der Waals surface area contributed by atoms with Crippen molar-refractivity contribution in [3.8, 4) is 11.4 Å². The van der Waals surface area contributed by atoms with Gasteiger partial charge in [0.25, 0.3) is 0 Å². The van der Waals surface area contributed by atoms with Gasteiger partial charge in [-0.25, -0.2) is 0 Å². The summed E-state index contributed by atoms with van der Waals surface area (Å²) in [6.45, 7) is 0. The highest BCUT2D eigenvalue weighted by atomic mass is 32.2. The fraction of sp³-hybridized carbons (Fsp3) is 0.462. The van der Waals surface area contributed by atoms with E-state index in [1.54, 1.807) is 12.4 Å².